The molecule has 0 saturated heterocycles. The lowest BCUT2D eigenvalue weighted by atomic mass is 10.3. The Labute approximate surface area is 142 Å². The molecule has 0 heterocycles. The van der Waals surface area contributed by atoms with Crippen LogP contribution in [0.2, 0.25) is 0 Å². The van der Waals surface area contributed by atoms with Gasteiger partial charge < -0.3 is 0 Å². The average molecular weight is 341 g/mol. The summed E-state index contributed by atoms with van der Waals surface area (Å²) < 4.78 is 13.8. The Kier molecular flexibility index (Phi) is 5.12. The van der Waals surface area contributed by atoms with Crippen LogP contribution in [-0.4, -0.2) is 9.42 Å². The fraction of sp³-hybridized carbons (Fsp3) is 0. The molecule has 1 atom stereocenters. The van der Waals surface area contributed by atoms with Crippen molar-refractivity contribution in [2.45, 2.75) is 14.7 Å². The van der Waals surface area contributed by atoms with Crippen LogP contribution in [0.1, 0.15) is 0 Å². The molecule has 0 fully saturated rings. The molecule has 0 saturated carbocycles. The molecule has 1 N–H and O–H groups in total. The van der Waals surface area contributed by atoms with E-state index < -0.39 is 10.8 Å². The summed E-state index contributed by atoms with van der Waals surface area (Å²) in [4.78, 5) is 2.18. The Morgan fingerprint density at radius 2 is 1.35 bits per heavy atom. The van der Waals surface area contributed by atoms with Crippen LogP contribution >= 0.6 is 11.9 Å². The maximum Gasteiger partial charge on any atom is 0.0933 e. The third-order valence-corrected chi connectivity index (χ3v) is 5.46. The molecule has 0 aliphatic rings. The second-order valence-corrected chi connectivity index (χ2v) is 7.18. The first kappa shape index (κ1) is 15.8. The zero-order valence-corrected chi connectivity index (χ0v) is 13.8. The van der Waals surface area contributed by atoms with Crippen molar-refractivity contribution >= 4 is 28.4 Å². The summed E-state index contributed by atoms with van der Waals surface area (Å²) >= 11 is 1.18. The molecule has 0 radical (unpaired) electrons. The van der Waals surface area contributed by atoms with Crippen molar-refractivity contribution in [3.05, 3.63) is 84.9 Å². The highest BCUT2D eigenvalue weighted by molar-refractivity contribution is 8.00. The maximum absolute atomic E-state index is 12.8. The molecule has 0 aliphatic heterocycles. The van der Waals surface area contributed by atoms with Gasteiger partial charge in [0.05, 0.1) is 21.4 Å². The molecular weight excluding hydrogens is 326 g/mol. The van der Waals surface area contributed by atoms with Crippen molar-refractivity contribution in [3.8, 4) is 0 Å². The van der Waals surface area contributed by atoms with Gasteiger partial charge in [0.25, 0.3) is 0 Å². The van der Waals surface area contributed by atoms with E-state index in [-0.39, 0.29) is 0 Å². The summed E-state index contributed by atoms with van der Waals surface area (Å²) in [6.07, 6.45) is 0. The standard InChI is InChI=1S/C18H15NO2S2/c20-19(22-15-9-3-1-4-10-15)17-13-7-8-14-18(17)23(21)16-11-5-2-6-12-16/h1-14,20H. The van der Waals surface area contributed by atoms with Gasteiger partial charge in [0.1, 0.15) is 0 Å². The van der Waals surface area contributed by atoms with Gasteiger partial charge in [0.2, 0.25) is 0 Å². The summed E-state index contributed by atoms with van der Waals surface area (Å²) in [6.45, 7) is 0. The largest absolute Gasteiger partial charge is 0.277 e. The molecule has 0 bridgehead atoms. The van der Waals surface area contributed by atoms with Crippen LogP contribution in [0, 0.1) is 0 Å². The molecule has 3 aromatic carbocycles. The highest BCUT2D eigenvalue weighted by atomic mass is 32.2. The number of benzene rings is 3. The van der Waals surface area contributed by atoms with Crippen LogP contribution in [-0.2, 0) is 10.8 Å². The van der Waals surface area contributed by atoms with E-state index in [4.69, 9.17) is 0 Å². The molecule has 23 heavy (non-hydrogen) atoms. The van der Waals surface area contributed by atoms with Crippen LogP contribution in [0.5, 0.6) is 0 Å². The molecule has 1 unspecified atom stereocenters. The quantitative estimate of drug-likeness (QED) is 0.537. The summed E-state index contributed by atoms with van der Waals surface area (Å²) in [5.74, 6) is 0. The lowest BCUT2D eigenvalue weighted by Gasteiger charge is -2.18. The van der Waals surface area contributed by atoms with E-state index in [2.05, 4.69) is 0 Å². The summed E-state index contributed by atoms with van der Waals surface area (Å²) in [5.41, 5.74) is 0.517. The minimum atomic E-state index is -1.35. The van der Waals surface area contributed by atoms with Gasteiger partial charge in [-0.05, 0) is 36.4 Å². The number of hydrogen-bond donors (Lipinski definition) is 1. The SMILES string of the molecule is O=S(c1ccccc1)c1ccccc1N(O)Sc1ccccc1. The normalized spacial score (nSPS) is 11.9. The number of anilines is 1. The highest BCUT2D eigenvalue weighted by Gasteiger charge is 2.16. The molecule has 3 aromatic rings. The van der Waals surface area contributed by atoms with E-state index in [0.717, 1.165) is 9.36 Å². The molecular formula is C18H15NO2S2. The molecule has 5 heteroatoms. The smallest absolute Gasteiger partial charge is 0.0933 e. The maximum atomic E-state index is 12.8. The summed E-state index contributed by atoms with van der Waals surface area (Å²) in [5, 5.41) is 10.4. The minimum Gasteiger partial charge on any atom is -0.277 e. The van der Waals surface area contributed by atoms with Crippen molar-refractivity contribution in [2.24, 2.45) is 0 Å². The predicted molar refractivity (Wildman–Crippen MR) is 94.1 cm³/mol. The molecule has 116 valence electrons. The van der Waals surface area contributed by atoms with Crippen molar-refractivity contribution in [3.63, 3.8) is 0 Å². The van der Waals surface area contributed by atoms with E-state index in [9.17, 15) is 9.42 Å². The van der Waals surface area contributed by atoms with Gasteiger partial charge in [0.15, 0.2) is 0 Å². The highest BCUT2D eigenvalue weighted by Crippen LogP contribution is 2.32. The van der Waals surface area contributed by atoms with Crippen molar-refractivity contribution in [1.82, 2.24) is 0 Å². The number of nitrogens with zero attached hydrogens (tertiary/aromatic N) is 1. The first-order valence-corrected chi connectivity index (χ1v) is 8.96. The van der Waals surface area contributed by atoms with Gasteiger partial charge in [-0.15, -0.1) is 0 Å². The van der Waals surface area contributed by atoms with E-state index in [1.54, 1.807) is 12.1 Å². The van der Waals surface area contributed by atoms with E-state index in [1.807, 2.05) is 72.8 Å². The fourth-order valence-electron chi connectivity index (χ4n) is 2.07. The van der Waals surface area contributed by atoms with E-state index >= 15 is 0 Å². The van der Waals surface area contributed by atoms with Crippen LogP contribution in [0.15, 0.2) is 99.6 Å². The van der Waals surface area contributed by atoms with Crippen LogP contribution < -0.4 is 4.47 Å². The second-order valence-electron chi connectivity index (χ2n) is 4.73. The van der Waals surface area contributed by atoms with Gasteiger partial charge in [-0.2, -0.15) is 4.47 Å². The Bertz CT molecular complexity index is 794. The molecule has 3 rings (SSSR count). The van der Waals surface area contributed by atoms with Crippen molar-refractivity contribution in [1.29, 1.82) is 0 Å². The van der Waals surface area contributed by atoms with Gasteiger partial charge >= 0.3 is 0 Å². The first-order valence-electron chi connectivity index (χ1n) is 7.03. The van der Waals surface area contributed by atoms with Crippen molar-refractivity contribution in [2.75, 3.05) is 4.47 Å². The van der Waals surface area contributed by atoms with E-state index in [0.29, 0.717) is 15.5 Å². The monoisotopic (exact) mass is 341 g/mol. The zero-order valence-electron chi connectivity index (χ0n) is 12.2. The number of rotatable bonds is 5. The topological polar surface area (TPSA) is 40.5 Å². The van der Waals surface area contributed by atoms with Crippen molar-refractivity contribution < 1.29 is 9.42 Å². The number of para-hydroxylation sites is 1. The Morgan fingerprint density at radius 3 is 2.04 bits per heavy atom. The predicted octanol–water partition coefficient (Wildman–Crippen LogP) is 4.76. The molecule has 3 nitrogen and oxygen atoms in total. The van der Waals surface area contributed by atoms with Gasteiger partial charge in [0, 0.05) is 21.7 Å². The fourth-order valence-corrected chi connectivity index (χ4v) is 4.07. The van der Waals surface area contributed by atoms with Gasteiger partial charge in [-0.25, -0.2) is 4.21 Å². The molecule has 0 aliphatic carbocycles. The minimum absolute atomic E-state index is 0.517. The third-order valence-electron chi connectivity index (χ3n) is 3.16. The Morgan fingerprint density at radius 1 is 0.783 bits per heavy atom. The molecule has 0 spiro atoms. The van der Waals surface area contributed by atoms with Crippen LogP contribution in [0.3, 0.4) is 0 Å². The lowest BCUT2D eigenvalue weighted by Crippen LogP contribution is -2.10. The third kappa shape index (κ3) is 3.82. The summed E-state index contributed by atoms with van der Waals surface area (Å²) in [7, 11) is -1.35. The van der Waals surface area contributed by atoms with Gasteiger partial charge in [-0.3, -0.25) is 5.21 Å². The lowest BCUT2D eigenvalue weighted by molar-refractivity contribution is 0.330. The summed E-state index contributed by atoms with van der Waals surface area (Å²) in [6, 6.07) is 25.9. The first-order chi connectivity index (χ1) is 11.3. The van der Waals surface area contributed by atoms with E-state index in [1.165, 1.54) is 11.9 Å². The van der Waals surface area contributed by atoms with Crippen LogP contribution in [0.25, 0.3) is 0 Å². The average Bonchev–Trinajstić information content (AvgIpc) is 2.62. The second kappa shape index (κ2) is 7.46. The molecule has 0 amide bonds. The Hall–Kier alpha value is -2.08. The van der Waals surface area contributed by atoms with Gasteiger partial charge in [-0.1, -0.05) is 48.5 Å². The van der Waals surface area contributed by atoms with Crippen LogP contribution in [0.4, 0.5) is 5.69 Å². The zero-order chi connectivity index (χ0) is 16.1. The molecule has 0 aromatic heterocycles. The Balaban J connectivity index is 1.90. The number of hydrogen-bond acceptors (Lipinski definition) is 4.